The van der Waals surface area contributed by atoms with Crippen LogP contribution in [0.15, 0.2) is 54.6 Å². The van der Waals surface area contributed by atoms with Gasteiger partial charge in [0.25, 0.3) is 5.91 Å². The molecule has 1 aliphatic carbocycles. The van der Waals surface area contributed by atoms with Gasteiger partial charge < -0.3 is 19.6 Å². The van der Waals surface area contributed by atoms with Gasteiger partial charge in [-0.05, 0) is 69.1 Å². The Balaban J connectivity index is 1.71. The molecule has 30 heavy (non-hydrogen) atoms. The van der Waals surface area contributed by atoms with Crippen LogP contribution in [0.5, 0.6) is 5.75 Å². The highest BCUT2D eigenvalue weighted by Crippen LogP contribution is 2.54. The van der Waals surface area contributed by atoms with E-state index in [1.807, 2.05) is 61.5 Å². The normalized spacial score (nSPS) is 29.2. The molecule has 1 N–H and O–H groups in total. The molecular weight excluding hydrogens is 376 g/mol. The zero-order valence-corrected chi connectivity index (χ0v) is 18.2. The van der Waals surface area contributed by atoms with Gasteiger partial charge in [0.1, 0.15) is 5.75 Å². The largest absolute Gasteiger partial charge is 0.508 e. The van der Waals surface area contributed by atoms with Gasteiger partial charge in [0.05, 0.1) is 5.60 Å². The minimum atomic E-state index is -0.332. The second-order valence-electron chi connectivity index (χ2n) is 9.00. The molecule has 0 radical (unpaired) electrons. The van der Waals surface area contributed by atoms with E-state index >= 15 is 0 Å². The molecule has 5 heteroatoms. The number of fused-ring (bicyclic) bond motifs is 1. The van der Waals surface area contributed by atoms with Crippen LogP contribution in [0.3, 0.4) is 0 Å². The van der Waals surface area contributed by atoms with Crippen molar-refractivity contribution in [1.29, 1.82) is 0 Å². The zero-order chi connectivity index (χ0) is 21.4. The van der Waals surface area contributed by atoms with Crippen LogP contribution in [0.4, 0.5) is 0 Å². The number of phenols is 1. The first kappa shape index (κ1) is 20.9. The van der Waals surface area contributed by atoms with Crippen molar-refractivity contribution in [3.05, 3.63) is 65.7 Å². The monoisotopic (exact) mass is 408 g/mol. The highest BCUT2D eigenvalue weighted by molar-refractivity contribution is 5.94. The highest BCUT2D eigenvalue weighted by Gasteiger charge is 2.59. The number of likely N-dealkylation sites (tertiary alicyclic amines) is 1. The molecule has 0 aromatic heterocycles. The number of carbonyl (C=O) groups excluding carboxylic acids is 1. The van der Waals surface area contributed by atoms with Crippen molar-refractivity contribution in [2.75, 3.05) is 34.3 Å². The number of piperidine rings is 1. The number of hydrogen-bond donors (Lipinski definition) is 1. The van der Waals surface area contributed by atoms with E-state index in [4.69, 9.17) is 4.74 Å². The van der Waals surface area contributed by atoms with E-state index < -0.39 is 0 Å². The number of benzene rings is 2. The van der Waals surface area contributed by atoms with Crippen molar-refractivity contribution in [1.82, 2.24) is 9.80 Å². The number of carbonyl (C=O) groups is 1. The molecule has 160 valence electrons. The van der Waals surface area contributed by atoms with Crippen LogP contribution in [0, 0.1) is 0 Å². The summed E-state index contributed by atoms with van der Waals surface area (Å²) in [6.07, 6.45) is 3.54. The molecular formula is C25H32N2O3. The van der Waals surface area contributed by atoms with Crippen molar-refractivity contribution in [2.24, 2.45) is 0 Å². The maximum atomic E-state index is 13.1. The molecule has 1 saturated carbocycles. The Kier molecular flexibility index (Phi) is 5.60. The van der Waals surface area contributed by atoms with Gasteiger partial charge in [-0.1, -0.05) is 30.3 Å². The smallest absolute Gasteiger partial charge is 0.253 e. The fourth-order valence-corrected chi connectivity index (χ4v) is 5.76. The predicted molar refractivity (Wildman–Crippen MR) is 118 cm³/mol. The number of rotatable bonds is 4. The lowest BCUT2D eigenvalue weighted by Gasteiger charge is -2.60. The van der Waals surface area contributed by atoms with Crippen LogP contribution >= 0.6 is 0 Å². The van der Waals surface area contributed by atoms with Crippen LogP contribution in [0.2, 0.25) is 0 Å². The van der Waals surface area contributed by atoms with E-state index in [1.165, 1.54) is 0 Å². The lowest BCUT2D eigenvalue weighted by Crippen LogP contribution is -2.67. The zero-order valence-electron chi connectivity index (χ0n) is 18.2. The van der Waals surface area contributed by atoms with Gasteiger partial charge in [0, 0.05) is 37.7 Å². The lowest BCUT2D eigenvalue weighted by atomic mass is 9.55. The number of amides is 1. The molecule has 2 aromatic carbocycles. The summed E-state index contributed by atoms with van der Waals surface area (Å²) in [7, 11) is 5.88. The first-order valence-corrected chi connectivity index (χ1v) is 10.8. The van der Waals surface area contributed by atoms with E-state index in [1.54, 1.807) is 6.07 Å². The number of aromatic hydroxyl groups is 1. The van der Waals surface area contributed by atoms with E-state index in [2.05, 4.69) is 18.0 Å². The van der Waals surface area contributed by atoms with Gasteiger partial charge in [0.15, 0.2) is 0 Å². The van der Waals surface area contributed by atoms with Gasteiger partial charge in [0.2, 0.25) is 0 Å². The average molecular weight is 409 g/mol. The number of methoxy groups -OCH3 is 1. The van der Waals surface area contributed by atoms with Crippen LogP contribution in [0.1, 0.15) is 41.6 Å². The van der Waals surface area contributed by atoms with Crippen LogP contribution in [-0.2, 0) is 10.2 Å². The Morgan fingerprint density at radius 1 is 1.17 bits per heavy atom. The summed E-state index contributed by atoms with van der Waals surface area (Å²) in [5, 5.41) is 10.2. The SMILES string of the molecule is CO[C@]12CC[C@@H](N(C)C(=O)c3ccccc3)C[C@]1(c1cccc(O)c1)CCN(C)C2. The van der Waals surface area contributed by atoms with Crippen molar-refractivity contribution < 1.29 is 14.6 Å². The standard InChI is InChI=1S/C25H32N2O3/c1-26-15-14-24(20-10-7-11-22(28)16-20)17-21(12-13-25(24,18-26)30-3)27(2)23(29)19-8-5-4-6-9-19/h4-11,16,21,28H,12-15,17-18H2,1-3H3/t21-,24+,25+/m1/s1. The summed E-state index contributed by atoms with van der Waals surface area (Å²) >= 11 is 0. The van der Waals surface area contributed by atoms with Gasteiger partial charge in [-0.25, -0.2) is 0 Å². The second-order valence-corrected chi connectivity index (χ2v) is 9.00. The molecule has 0 unspecified atom stereocenters. The molecule has 2 fully saturated rings. The van der Waals surface area contributed by atoms with E-state index in [9.17, 15) is 9.90 Å². The average Bonchev–Trinajstić information content (AvgIpc) is 2.78. The molecule has 2 aromatic rings. The third-order valence-electron chi connectivity index (χ3n) is 7.46. The van der Waals surface area contributed by atoms with Crippen LogP contribution in [-0.4, -0.2) is 66.8 Å². The second kappa shape index (κ2) is 8.05. The summed E-state index contributed by atoms with van der Waals surface area (Å²) < 4.78 is 6.30. The Bertz CT molecular complexity index is 902. The molecule has 5 nitrogen and oxygen atoms in total. The van der Waals surface area contributed by atoms with E-state index in [-0.39, 0.29) is 28.7 Å². The summed E-state index contributed by atoms with van der Waals surface area (Å²) in [5.74, 6) is 0.339. The van der Waals surface area contributed by atoms with E-state index in [0.29, 0.717) is 0 Å². The number of nitrogens with zero attached hydrogens (tertiary/aromatic N) is 2. The number of likely N-dealkylation sites (N-methyl/N-ethyl adjacent to an activating group) is 1. The van der Waals surface area contributed by atoms with Gasteiger partial charge >= 0.3 is 0 Å². The summed E-state index contributed by atoms with van der Waals surface area (Å²) in [4.78, 5) is 17.4. The van der Waals surface area contributed by atoms with Crippen molar-refractivity contribution in [2.45, 2.75) is 42.7 Å². The molecule has 0 bridgehead atoms. The van der Waals surface area contributed by atoms with Gasteiger partial charge in [-0.2, -0.15) is 0 Å². The fourth-order valence-electron chi connectivity index (χ4n) is 5.76. The minimum Gasteiger partial charge on any atom is -0.508 e. The maximum absolute atomic E-state index is 13.1. The van der Waals surface area contributed by atoms with Crippen molar-refractivity contribution in [3.63, 3.8) is 0 Å². The molecule has 4 rings (SSSR count). The quantitative estimate of drug-likeness (QED) is 0.839. The number of hydrogen-bond acceptors (Lipinski definition) is 4. The first-order chi connectivity index (χ1) is 14.4. The summed E-state index contributed by atoms with van der Waals surface area (Å²) in [5.41, 5.74) is 1.25. The summed E-state index contributed by atoms with van der Waals surface area (Å²) in [6.45, 7) is 1.81. The van der Waals surface area contributed by atoms with Crippen LogP contribution < -0.4 is 0 Å². The van der Waals surface area contributed by atoms with Crippen molar-refractivity contribution in [3.8, 4) is 5.75 Å². The molecule has 1 aliphatic heterocycles. The predicted octanol–water partition coefficient (Wildman–Crippen LogP) is 3.68. The molecule has 1 amide bonds. The molecule has 3 atom stereocenters. The summed E-state index contributed by atoms with van der Waals surface area (Å²) in [6, 6.07) is 17.2. The molecule has 1 saturated heterocycles. The number of phenolic OH excluding ortho intramolecular Hbond substituents is 1. The highest BCUT2D eigenvalue weighted by atomic mass is 16.5. The van der Waals surface area contributed by atoms with Crippen molar-refractivity contribution >= 4 is 5.91 Å². The number of ether oxygens (including phenoxy) is 1. The fraction of sp³-hybridized carbons (Fsp3) is 0.480. The Labute approximate surface area is 179 Å². The van der Waals surface area contributed by atoms with Crippen LogP contribution in [0.25, 0.3) is 0 Å². The minimum absolute atomic E-state index is 0.0597. The maximum Gasteiger partial charge on any atom is 0.253 e. The first-order valence-electron chi connectivity index (χ1n) is 10.8. The molecule has 1 heterocycles. The third kappa shape index (κ3) is 3.40. The van der Waals surface area contributed by atoms with E-state index in [0.717, 1.165) is 49.9 Å². The molecule has 0 spiro atoms. The topological polar surface area (TPSA) is 53.0 Å². The lowest BCUT2D eigenvalue weighted by molar-refractivity contribution is -0.149. The van der Waals surface area contributed by atoms with Gasteiger partial charge in [-0.3, -0.25) is 4.79 Å². The Hall–Kier alpha value is -2.37. The van der Waals surface area contributed by atoms with Gasteiger partial charge in [-0.15, -0.1) is 0 Å². The molecule has 2 aliphatic rings. The Morgan fingerprint density at radius 2 is 1.93 bits per heavy atom. The third-order valence-corrected chi connectivity index (χ3v) is 7.46. The Morgan fingerprint density at radius 3 is 2.63 bits per heavy atom.